The minimum atomic E-state index is -4.50. The lowest BCUT2D eigenvalue weighted by molar-refractivity contribution is -0.138. The van der Waals surface area contributed by atoms with Crippen LogP contribution in [0.3, 0.4) is 0 Å². The predicted molar refractivity (Wildman–Crippen MR) is 123 cm³/mol. The number of halogens is 3. The molecule has 2 saturated heterocycles. The SMILES string of the molecule is Cc1nn(CC(=O)N2CCC(C(=O)N3CCN(c4ncc(C(F)(F)F)cn4)CC3)C2)c2cn[nH]c(=O)c12. The highest BCUT2D eigenvalue weighted by atomic mass is 19.4. The Morgan fingerprint density at radius 2 is 1.76 bits per heavy atom. The van der Waals surface area contributed by atoms with E-state index in [1.807, 2.05) is 0 Å². The Balaban J connectivity index is 1.15. The number of likely N-dealkylation sites (tertiary alicyclic amines) is 1. The molecule has 0 radical (unpaired) electrons. The minimum absolute atomic E-state index is 0.0561. The monoisotopic (exact) mass is 519 g/mol. The second-order valence-electron chi connectivity index (χ2n) is 9.11. The van der Waals surface area contributed by atoms with Crippen LogP contribution in [0.15, 0.2) is 23.4 Å². The van der Waals surface area contributed by atoms with Gasteiger partial charge in [0.25, 0.3) is 5.56 Å². The number of hydrogen-bond acceptors (Lipinski definition) is 8. The van der Waals surface area contributed by atoms with Crippen molar-refractivity contribution in [3.63, 3.8) is 0 Å². The molecule has 2 fully saturated rings. The molecule has 0 saturated carbocycles. The van der Waals surface area contributed by atoms with Gasteiger partial charge in [0.2, 0.25) is 17.8 Å². The van der Waals surface area contributed by atoms with Gasteiger partial charge in [0.1, 0.15) is 6.54 Å². The van der Waals surface area contributed by atoms with Crippen molar-refractivity contribution < 1.29 is 22.8 Å². The van der Waals surface area contributed by atoms with Gasteiger partial charge in [-0.3, -0.25) is 19.1 Å². The zero-order valence-electron chi connectivity index (χ0n) is 19.9. The summed E-state index contributed by atoms with van der Waals surface area (Å²) in [5, 5.41) is 10.8. The van der Waals surface area contributed by atoms with Crippen LogP contribution in [-0.2, 0) is 22.3 Å². The van der Waals surface area contributed by atoms with Gasteiger partial charge in [-0.15, -0.1) is 0 Å². The highest BCUT2D eigenvalue weighted by Gasteiger charge is 2.36. The molecule has 37 heavy (non-hydrogen) atoms. The third-order valence-electron chi connectivity index (χ3n) is 6.76. The topological polar surface area (TPSA) is 133 Å². The molecule has 1 atom stereocenters. The van der Waals surface area contributed by atoms with Gasteiger partial charge in [0, 0.05) is 51.7 Å². The number of carbonyl (C=O) groups excluding carboxylic acids is 2. The van der Waals surface area contributed by atoms with Crippen LogP contribution < -0.4 is 10.5 Å². The number of hydrogen-bond donors (Lipinski definition) is 1. The van der Waals surface area contributed by atoms with Crippen molar-refractivity contribution in [2.45, 2.75) is 26.1 Å². The van der Waals surface area contributed by atoms with Gasteiger partial charge in [0.05, 0.1) is 34.3 Å². The Labute approximate surface area is 208 Å². The zero-order chi connectivity index (χ0) is 26.3. The number of carbonyl (C=O) groups is 2. The highest BCUT2D eigenvalue weighted by molar-refractivity contribution is 5.84. The Morgan fingerprint density at radius 3 is 2.43 bits per heavy atom. The molecule has 2 aliphatic heterocycles. The quantitative estimate of drug-likeness (QED) is 0.525. The van der Waals surface area contributed by atoms with Gasteiger partial charge in [-0.2, -0.15) is 23.4 Å². The first-order valence-corrected chi connectivity index (χ1v) is 11.7. The van der Waals surface area contributed by atoms with E-state index in [0.29, 0.717) is 55.7 Å². The van der Waals surface area contributed by atoms with Gasteiger partial charge in [-0.05, 0) is 13.3 Å². The number of rotatable bonds is 4. The molecule has 5 rings (SSSR count). The van der Waals surface area contributed by atoms with E-state index in [9.17, 15) is 27.6 Å². The summed E-state index contributed by atoms with van der Waals surface area (Å²) in [5.74, 6) is -0.404. The van der Waals surface area contributed by atoms with E-state index in [0.717, 1.165) is 12.4 Å². The summed E-state index contributed by atoms with van der Waals surface area (Å²) < 4.78 is 39.6. The fourth-order valence-electron chi connectivity index (χ4n) is 4.77. The van der Waals surface area contributed by atoms with Crippen LogP contribution in [0.2, 0.25) is 0 Å². The van der Waals surface area contributed by atoms with E-state index >= 15 is 0 Å². The number of aromatic amines is 1. The Bertz CT molecular complexity index is 1380. The van der Waals surface area contributed by atoms with Crippen LogP contribution in [0, 0.1) is 12.8 Å². The lowest BCUT2D eigenvalue weighted by atomic mass is 10.1. The van der Waals surface area contributed by atoms with Crippen LogP contribution in [0.25, 0.3) is 10.9 Å². The first-order chi connectivity index (χ1) is 17.6. The molecule has 5 heterocycles. The first-order valence-electron chi connectivity index (χ1n) is 11.7. The number of anilines is 1. The van der Waals surface area contributed by atoms with E-state index in [-0.39, 0.29) is 42.3 Å². The molecule has 2 aliphatic rings. The maximum Gasteiger partial charge on any atom is 0.419 e. The van der Waals surface area contributed by atoms with Crippen molar-refractivity contribution in [2.24, 2.45) is 5.92 Å². The Morgan fingerprint density at radius 1 is 1.05 bits per heavy atom. The van der Waals surface area contributed by atoms with Gasteiger partial charge in [0.15, 0.2) is 0 Å². The summed E-state index contributed by atoms with van der Waals surface area (Å²) in [6.45, 7) is 3.90. The van der Waals surface area contributed by atoms with E-state index < -0.39 is 11.7 Å². The van der Waals surface area contributed by atoms with E-state index in [4.69, 9.17) is 0 Å². The summed E-state index contributed by atoms with van der Waals surface area (Å²) in [6.07, 6.45) is -0.998. The Kier molecular flexibility index (Phi) is 6.29. The van der Waals surface area contributed by atoms with Crippen molar-refractivity contribution in [3.8, 4) is 0 Å². The van der Waals surface area contributed by atoms with E-state index in [2.05, 4.69) is 25.3 Å². The predicted octanol–water partition coefficient (Wildman–Crippen LogP) is 0.434. The normalized spacial score (nSPS) is 18.6. The fourth-order valence-corrected chi connectivity index (χ4v) is 4.77. The summed E-state index contributed by atoms with van der Waals surface area (Å²) in [7, 11) is 0. The van der Waals surface area contributed by atoms with Crippen LogP contribution in [0.4, 0.5) is 19.1 Å². The van der Waals surface area contributed by atoms with Crippen molar-refractivity contribution in [2.75, 3.05) is 44.2 Å². The number of nitrogens with one attached hydrogen (secondary N) is 1. The molecule has 0 aromatic carbocycles. The molecule has 12 nitrogen and oxygen atoms in total. The number of amides is 2. The van der Waals surface area contributed by atoms with Gasteiger partial charge in [-0.1, -0.05) is 0 Å². The molecular formula is C22H24F3N9O3. The number of fused-ring (bicyclic) bond motifs is 1. The number of piperazine rings is 1. The average Bonchev–Trinajstić information content (AvgIpc) is 3.49. The number of alkyl halides is 3. The third kappa shape index (κ3) is 4.84. The van der Waals surface area contributed by atoms with Crippen molar-refractivity contribution >= 4 is 28.7 Å². The van der Waals surface area contributed by atoms with Gasteiger partial charge >= 0.3 is 6.18 Å². The molecule has 0 aliphatic carbocycles. The number of aromatic nitrogens is 6. The second kappa shape index (κ2) is 9.44. The second-order valence-corrected chi connectivity index (χ2v) is 9.11. The zero-order valence-corrected chi connectivity index (χ0v) is 19.9. The number of nitrogens with zero attached hydrogens (tertiary/aromatic N) is 8. The first kappa shape index (κ1) is 24.6. The van der Waals surface area contributed by atoms with Crippen molar-refractivity contribution in [3.05, 3.63) is 40.2 Å². The van der Waals surface area contributed by atoms with Crippen LogP contribution >= 0.6 is 0 Å². The smallest absolute Gasteiger partial charge is 0.340 e. The van der Waals surface area contributed by atoms with Gasteiger partial charge < -0.3 is 14.7 Å². The lowest BCUT2D eigenvalue weighted by Crippen LogP contribution is -2.51. The number of H-pyrrole nitrogens is 1. The largest absolute Gasteiger partial charge is 0.419 e. The lowest BCUT2D eigenvalue weighted by Gasteiger charge is -2.36. The summed E-state index contributed by atoms with van der Waals surface area (Å²) in [6, 6.07) is 0. The molecule has 1 unspecified atom stereocenters. The number of aryl methyl sites for hydroxylation is 1. The summed E-state index contributed by atoms with van der Waals surface area (Å²) >= 11 is 0. The molecule has 1 N–H and O–H groups in total. The molecule has 3 aromatic rings. The van der Waals surface area contributed by atoms with Crippen molar-refractivity contribution in [1.82, 2.24) is 39.7 Å². The van der Waals surface area contributed by atoms with Gasteiger partial charge in [-0.25, -0.2) is 15.1 Å². The highest BCUT2D eigenvalue weighted by Crippen LogP contribution is 2.28. The standard InChI is InChI=1S/C22H24F3N9O3/c1-13-18-16(10-28-29-19(18)36)34(30-13)12-17(35)33-3-2-14(11-33)20(37)31-4-6-32(7-5-31)21-26-8-15(9-27-21)22(23,24)25/h8-10,14H,2-7,11-12H2,1H3,(H,29,36). The molecule has 0 spiro atoms. The molecule has 196 valence electrons. The summed E-state index contributed by atoms with van der Waals surface area (Å²) in [4.78, 5) is 50.7. The van der Waals surface area contributed by atoms with Crippen molar-refractivity contribution in [1.29, 1.82) is 0 Å². The summed E-state index contributed by atoms with van der Waals surface area (Å²) in [5.41, 5.74) is -0.310. The average molecular weight is 519 g/mol. The van der Waals surface area contributed by atoms with Crippen LogP contribution in [-0.4, -0.2) is 90.8 Å². The molecule has 2 amide bonds. The fraction of sp³-hybridized carbons (Fsp3) is 0.500. The maximum atomic E-state index is 13.1. The molecular weight excluding hydrogens is 495 g/mol. The molecule has 0 bridgehead atoms. The van der Waals surface area contributed by atoms with E-state index in [1.165, 1.54) is 10.9 Å². The molecule has 3 aromatic heterocycles. The molecule has 15 heteroatoms. The maximum absolute atomic E-state index is 13.1. The van der Waals surface area contributed by atoms with Crippen LogP contribution in [0.5, 0.6) is 0 Å². The third-order valence-corrected chi connectivity index (χ3v) is 6.76. The van der Waals surface area contributed by atoms with Crippen LogP contribution in [0.1, 0.15) is 17.7 Å². The van der Waals surface area contributed by atoms with E-state index in [1.54, 1.807) is 21.6 Å². The Hall–Kier alpha value is -4.04. The minimum Gasteiger partial charge on any atom is -0.340 e.